The second kappa shape index (κ2) is 9.13. The summed E-state index contributed by atoms with van der Waals surface area (Å²) in [4.78, 5) is 14.4. The van der Waals surface area contributed by atoms with E-state index < -0.39 is 12.5 Å². The Kier molecular flexibility index (Phi) is 6.89. The number of halogens is 2. The van der Waals surface area contributed by atoms with Crippen LogP contribution >= 0.6 is 0 Å². The first-order valence-electron chi connectivity index (χ1n) is 7.99. The van der Waals surface area contributed by atoms with Gasteiger partial charge in [-0.3, -0.25) is 4.79 Å². The number of rotatable bonds is 8. The molecule has 2 rings (SSSR count). The first-order valence-corrected chi connectivity index (χ1v) is 7.99. The van der Waals surface area contributed by atoms with Crippen LogP contribution in [0.1, 0.15) is 15.9 Å². The predicted octanol–water partition coefficient (Wildman–Crippen LogP) is 3.19. The molecule has 2 aromatic rings. The van der Waals surface area contributed by atoms with Crippen LogP contribution in [0, 0.1) is 0 Å². The number of benzene rings is 2. The van der Waals surface area contributed by atoms with Crippen molar-refractivity contribution in [2.45, 2.75) is 19.1 Å². The van der Waals surface area contributed by atoms with Gasteiger partial charge in [-0.2, -0.15) is 8.78 Å². The van der Waals surface area contributed by atoms with Crippen molar-refractivity contribution in [3.8, 4) is 5.75 Å². The number of alkyl halides is 2. The van der Waals surface area contributed by atoms with Gasteiger partial charge in [0.05, 0.1) is 5.56 Å². The molecule has 25 heavy (non-hydrogen) atoms. The highest BCUT2D eigenvalue weighted by Gasteiger charge is 2.18. The van der Waals surface area contributed by atoms with Crippen LogP contribution in [0.25, 0.3) is 0 Å². The van der Waals surface area contributed by atoms with Crippen LogP contribution in [-0.4, -0.2) is 44.1 Å². The molecule has 0 saturated heterocycles. The van der Waals surface area contributed by atoms with Crippen molar-refractivity contribution in [2.75, 3.05) is 20.6 Å². The lowest BCUT2D eigenvalue weighted by Gasteiger charge is -2.25. The van der Waals surface area contributed by atoms with Gasteiger partial charge in [0.2, 0.25) is 0 Å². The van der Waals surface area contributed by atoms with Crippen molar-refractivity contribution in [3.63, 3.8) is 0 Å². The van der Waals surface area contributed by atoms with Gasteiger partial charge in [-0.25, -0.2) is 0 Å². The number of carbonyl (C=O) groups is 1. The first kappa shape index (κ1) is 18.9. The van der Waals surface area contributed by atoms with Gasteiger partial charge < -0.3 is 15.0 Å². The third kappa shape index (κ3) is 5.83. The van der Waals surface area contributed by atoms with E-state index in [1.165, 1.54) is 12.1 Å². The molecule has 0 bridgehead atoms. The maximum atomic E-state index is 12.5. The molecule has 2 aromatic carbocycles. The highest BCUT2D eigenvalue weighted by atomic mass is 19.3. The molecule has 1 amide bonds. The molecule has 1 atom stereocenters. The van der Waals surface area contributed by atoms with Gasteiger partial charge >= 0.3 is 6.61 Å². The fourth-order valence-electron chi connectivity index (χ4n) is 2.48. The number of ether oxygens (including phenoxy) is 1. The summed E-state index contributed by atoms with van der Waals surface area (Å²) in [7, 11) is 3.88. The van der Waals surface area contributed by atoms with Crippen molar-refractivity contribution in [1.29, 1.82) is 0 Å². The standard InChI is InChI=1S/C19H22F2N2O2/c1-23(2)15(12-14-8-4-3-5-9-14)13-22-18(24)16-10-6-7-11-17(16)25-19(20)21/h3-11,15,19H,12-13H2,1-2H3,(H,22,24). The van der Waals surface area contributed by atoms with Gasteiger partial charge in [0.15, 0.2) is 0 Å². The number of nitrogens with one attached hydrogen (secondary N) is 1. The fourth-order valence-corrected chi connectivity index (χ4v) is 2.48. The zero-order chi connectivity index (χ0) is 18.2. The van der Waals surface area contributed by atoms with Crippen LogP contribution in [0.3, 0.4) is 0 Å². The van der Waals surface area contributed by atoms with Crippen molar-refractivity contribution in [2.24, 2.45) is 0 Å². The molecule has 0 heterocycles. The average molecular weight is 348 g/mol. The molecule has 4 nitrogen and oxygen atoms in total. The zero-order valence-corrected chi connectivity index (χ0v) is 14.3. The van der Waals surface area contributed by atoms with Gasteiger partial charge in [-0.15, -0.1) is 0 Å². The molecule has 0 spiro atoms. The minimum absolute atomic E-state index is 0.0783. The summed E-state index contributed by atoms with van der Waals surface area (Å²) in [5.74, 6) is -0.560. The highest BCUT2D eigenvalue weighted by molar-refractivity contribution is 5.96. The van der Waals surface area contributed by atoms with Crippen molar-refractivity contribution >= 4 is 5.91 Å². The predicted molar refractivity (Wildman–Crippen MR) is 93.0 cm³/mol. The maximum absolute atomic E-state index is 12.5. The number of hydrogen-bond donors (Lipinski definition) is 1. The second-order valence-corrected chi connectivity index (χ2v) is 5.89. The average Bonchev–Trinajstić information content (AvgIpc) is 2.59. The molecule has 0 fully saturated rings. The zero-order valence-electron chi connectivity index (χ0n) is 14.3. The molecule has 0 aromatic heterocycles. The van der Waals surface area contributed by atoms with Crippen molar-refractivity contribution < 1.29 is 18.3 Å². The van der Waals surface area contributed by atoms with Gasteiger partial charge in [-0.05, 0) is 38.2 Å². The molecule has 0 saturated carbocycles. The van der Waals surface area contributed by atoms with E-state index in [9.17, 15) is 13.6 Å². The van der Waals surface area contributed by atoms with Gasteiger partial charge in [0.25, 0.3) is 5.91 Å². The normalized spacial score (nSPS) is 12.2. The quantitative estimate of drug-likeness (QED) is 0.797. The van der Waals surface area contributed by atoms with Crippen LogP contribution in [-0.2, 0) is 6.42 Å². The van der Waals surface area contributed by atoms with Crippen LogP contribution in [0.15, 0.2) is 54.6 Å². The van der Waals surface area contributed by atoms with Crippen molar-refractivity contribution in [3.05, 3.63) is 65.7 Å². The summed E-state index contributed by atoms with van der Waals surface area (Å²) in [5.41, 5.74) is 1.26. The maximum Gasteiger partial charge on any atom is 0.387 e. The van der Waals surface area contributed by atoms with Gasteiger partial charge in [0, 0.05) is 12.6 Å². The van der Waals surface area contributed by atoms with Crippen molar-refractivity contribution in [1.82, 2.24) is 10.2 Å². The Morgan fingerprint density at radius 1 is 1.08 bits per heavy atom. The van der Waals surface area contributed by atoms with Gasteiger partial charge in [0.1, 0.15) is 5.75 Å². The largest absolute Gasteiger partial charge is 0.434 e. The summed E-state index contributed by atoms with van der Waals surface area (Å²) in [5, 5.41) is 2.81. The number of nitrogens with zero attached hydrogens (tertiary/aromatic N) is 1. The Morgan fingerprint density at radius 3 is 2.36 bits per heavy atom. The van der Waals surface area contributed by atoms with E-state index in [0.29, 0.717) is 6.54 Å². The lowest BCUT2D eigenvalue weighted by molar-refractivity contribution is -0.0501. The molecule has 0 aliphatic heterocycles. The SMILES string of the molecule is CN(C)C(CNC(=O)c1ccccc1OC(F)F)Cc1ccccc1. The Bertz CT molecular complexity index is 678. The molecule has 134 valence electrons. The number of hydrogen-bond acceptors (Lipinski definition) is 3. The number of likely N-dealkylation sites (N-methyl/N-ethyl adjacent to an activating group) is 1. The molecule has 0 radical (unpaired) electrons. The minimum atomic E-state index is -2.97. The van der Waals surface area contributed by atoms with Crippen LogP contribution in [0.2, 0.25) is 0 Å². The number of amides is 1. The van der Waals surface area contributed by atoms with Crippen LogP contribution in [0.5, 0.6) is 5.75 Å². The summed E-state index contributed by atoms with van der Waals surface area (Å²) < 4.78 is 29.3. The summed E-state index contributed by atoms with van der Waals surface area (Å²) in [6.07, 6.45) is 0.767. The van der Waals surface area contributed by atoms with E-state index in [2.05, 4.69) is 10.1 Å². The van der Waals surface area contributed by atoms with E-state index in [0.717, 1.165) is 12.0 Å². The fraction of sp³-hybridized carbons (Fsp3) is 0.316. The summed E-state index contributed by atoms with van der Waals surface area (Å²) >= 11 is 0. The lowest BCUT2D eigenvalue weighted by Crippen LogP contribution is -2.41. The monoisotopic (exact) mass is 348 g/mol. The number of para-hydroxylation sites is 1. The Morgan fingerprint density at radius 2 is 1.72 bits per heavy atom. The Balaban J connectivity index is 2.02. The molecular formula is C19H22F2N2O2. The smallest absolute Gasteiger partial charge is 0.387 e. The molecule has 1 unspecified atom stereocenters. The first-order chi connectivity index (χ1) is 12.0. The van der Waals surface area contributed by atoms with E-state index in [1.54, 1.807) is 12.1 Å². The number of carbonyl (C=O) groups excluding carboxylic acids is 1. The summed E-state index contributed by atoms with van der Waals surface area (Å²) in [6.45, 7) is -2.58. The molecule has 0 aliphatic carbocycles. The third-order valence-corrected chi connectivity index (χ3v) is 3.89. The van der Waals surface area contributed by atoms with E-state index in [4.69, 9.17) is 0 Å². The topological polar surface area (TPSA) is 41.6 Å². The third-order valence-electron chi connectivity index (χ3n) is 3.89. The second-order valence-electron chi connectivity index (χ2n) is 5.89. The van der Waals surface area contributed by atoms with E-state index in [-0.39, 0.29) is 17.4 Å². The van der Waals surface area contributed by atoms with Crippen LogP contribution < -0.4 is 10.1 Å². The summed E-state index contributed by atoms with van der Waals surface area (Å²) in [6, 6.07) is 16.0. The van der Waals surface area contributed by atoms with E-state index in [1.807, 2.05) is 49.3 Å². The van der Waals surface area contributed by atoms with E-state index >= 15 is 0 Å². The lowest BCUT2D eigenvalue weighted by atomic mass is 10.0. The Labute approximate surface area is 146 Å². The molecule has 0 aliphatic rings. The van der Waals surface area contributed by atoms with Gasteiger partial charge in [-0.1, -0.05) is 42.5 Å². The van der Waals surface area contributed by atoms with Crippen LogP contribution in [0.4, 0.5) is 8.78 Å². The minimum Gasteiger partial charge on any atom is -0.434 e. The molecule has 6 heteroatoms. The highest BCUT2D eigenvalue weighted by Crippen LogP contribution is 2.20. The molecule has 1 N–H and O–H groups in total. The molecular weight excluding hydrogens is 326 g/mol. The Hall–Kier alpha value is -2.47.